The van der Waals surface area contributed by atoms with E-state index in [9.17, 15) is 17.6 Å². The van der Waals surface area contributed by atoms with E-state index in [1.165, 1.54) is 34.2 Å². The molecule has 26 heavy (non-hydrogen) atoms. The summed E-state index contributed by atoms with van der Waals surface area (Å²) in [4.78, 5) is 12.9. The number of benzene rings is 1. The molecule has 0 aliphatic heterocycles. The highest BCUT2D eigenvalue weighted by molar-refractivity contribution is 7.89. The number of thiophene rings is 1. The van der Waals surface area contributed by atoms with Gasteiger partial charge in [-0.1, -0.05) is 6.07 Å². The first kappa shape index (κ1) is 18.4. The molecule has 0 fully saturated rings. The third-order valence-corrected chi connectivity index (χ3v) is 5.97. The van der Waals surface area contributed by atoms with Gasteiger partial charge in [-0.25, -0.2) is 22.2 Å². The van der Waals surface area contributed by atoms with Crippen LogP contribution in [0, 0.1) is 5.82 Å². The topological polar surface area (TPSA) is 81.1 Å². The molecule has 136 valence electrons. The van der Waals surface area contributed by atoms with Gasteiger partial charge in [0.15, 0.2) is 0 Å². The van der Waals surface area contributed by atoms with Crippen molar-refractivity contribution in [1.82, 2.24) is 14.5 Å². The van der Waals surface area contributed by atoms with Crippen molar-refractivity contribution in [2.75, 3.05) is 6.54 Å². The lowest BCUT2D eigenvalue weighted by molar-refractivity contribution is 0.537. The van der Waals surface area contributed by atoms with Crippen molar-refractivity contribution >= 4 is 21.4 Å². The van der Waals surface area contributed by atoms with Crippen molar-refractivity contribution in [3.8, 4) is 10.6 Å². The van der Waals surface area contributed by atoms with Crippen LogP contribution in [0.2, 0.25) is 0 Å². The molecule has 0 saturated carbocycles. The largest absolute Gasteiger partial charge is 0.268 e. The summed E-state index contributed by atoms with van der Waals surface area (Å²) in [7, 11) is -3.71. The third-order valence-electron chi connectivity index (χ3n) is 3.60. The summed E-state index contributed by atoms with van der Waals surface area (Å²) >= 11 is 1.52. The van der Waals surface area contributed by atoms with E-state index in [0.717, 1.165) is 17.0 Å². The number of rotatable bonds is 7. The summed E-state index contributed by atoms with van der Waals surface area (Å²) in [6.07, 6.45) is 0.390. The summed E-state index contributed by atoms with van der Waals surface area (Å²) < 4.78 is 40.9. The number of hydrogen-bond acceptors (Lipinski definition) is 5. The quantitative estimate of drug-likeness (QED) is 0.626. The van der Waals surface area contributed by atoms with Crippen LogP contribution >= 0.6 is 11.3 Å². The molecule has 0 saturated heterocycles. The maximum Gasteiger partial charge on any atom is 0.266 e. The van der Waals surface area contributed by atoms with E-state index >= 15 is 0 Å². The van der Waals surface area contributed by atoms with Crippen LogP contribution in [-0.4, -0.2) is 24.7 Å². The Hall–Kier alpha value is -2.36. The van der Waals surface area contributed by atoms with Crippen molar-refractivity contribution in [2.45, 2.75) is 17.9 Å². The smallest absolute Gasteiger partial charge is 0.266 e. The van der Waals surface area contributed by atoms with Gasteiger partial charge >= 0.3 is 0 Å². The molecular weight excluding hydrogens is 377 g/mol. The lowest BCUT2D eigenvalue weighted by Gasteiger charge is -2.08. The Kier molecular flexibility index (Phi) is 5.60. The number of nitrogens with one attached hydrogen (secondary N) is 1. The number of sulfonamides is 1. The van der Waals surface area contributed by atoms with Gasteiger partial charge in [0.1, 0.15) is 11.5 Å². The molecule has 1 N–H and O–H groups in total. The molecule has 1 aromatic carbocycles. The van der Waals surface area contributed by atoms with Crippen molar-refractivity contribution in [3.63, 3.8) is 0 Å². The normalized spacial score (nSPS) is 11.6. The molecule has 2 heterocycles. The van der Waals surface area contributed by atoms with Crippen molar-refractivity contribution in [1.29, 1.82) is 0 Å². The molecule has 0 aliphatic carbocycles. The first-order chi connectivity index (χ1) is 12.5. The van der Waals surface area contributed by atoms with Gasteiger partial charge < -0.3 is 0 Å². The van der Waals surface area contributed by atoms with Gasteiger partial charge in [-0.3, -0.25) is 4.79 Å². The minimum atomic E-state index is -3.71. The van der Waals surface area contributed by atoms with Gasteiger partial charge in [0, 0.05) is 19.2 Å². The minimum Gasteiger partial charge on any atom is -0.268 e. The zero-order chi connectivity index (χ0) is 18.6. The summed E-state index contributed by atoms with van der Waals surface area (Å²) in [6.45, 7) is 0.418. The lowest BCUT2D eigenvalue weighted by Crippen LogP contribution is -2.28. The van der Waals surface area contributed by atoms with E-state index in [2.05, 4.69) is 9.82 Å². The third kappa shape index (κ3) is 4.43. The maximum atomic E-state index is 12.9. The number of hydrogen-bond donors (Lipinski definition) is 1. The van der Waals surface area contributed by atoms with Crippen LogP contribution in [0.5, 0.6) is 0 Å². The van der Waals surface area contributed by atoms with Gasteiger partial charge in [-0.2, -0.15) is 5.10 Å². The van der Waals surface area contributed by atoms with Crippen LogP contribution < -0.4 is 10.3 Å². The van der Waals surface area contributed by atoms with Crippen LogP contribution in [0.4, 0.5) is 4.39 Å². The molecule has 0 amide bonds. The SMILES string of the molecule is O=c1ccc(-c2cccs2)nn1CCCNS(=O)(=O)c1ccc(F)cc1. The molecule has 0 bridgehead atoms. The Morgan fingerprint density at radius 1 is 1.12 bits per heavy atom. The highest BCUT2D eigenvalue weighted by Gasteiger charge is 2.13. The number of halogens is 1. The van der Waals surface area contributed by atoms with E-state index in [-0.39, 0.29) is 23.5 Å². The van der Waals surface area contributed by atoms with Crippen molar-refractivity contribution < 1.29 is 12.8 Å². The van der Waals surface area contributed by atoms with E-state index in [0.29, 0.717) is 12.1 Å². The average molecular weight is 393 g/mol. The Morgan fingerprint density at radius 2 is 1.88 bits per heavy atom. The predicted molar refractivity (Wildman–Crippen MR) is 98.0 cm³/mol. The van der Waals surface area contributed by atoms with Gasteiger partial charge in [-0.15, -0.1) is 11.3 Å². The number of aromatic nitrogens is 2. The zero-order valence-corrected chi connectivity index (χ0v) is 15.3. The number of nitrogens with zero attached hydrogens (tertiary/aromatic N) is 2. The van der Waals surface area contributed by atoms with Crippen molar-refractivity contribution in [3.05, 3.63) is 70.1 Å². The lowest BCUT2D eigenvalue weighted by atomic mass is 10.3. The van der Waals surface area contributed by atoms with Crippen LogP contribution in [0.3, 0.4) is 0 Å². The molecule has 6 nitrogen and oxygen atoms in total. The fourth-order valence-corrected chi connectivity index (χ4v) is 4.06. The van der Waals surface area contributed by atoms with Crippen LogP contribution in [0.1, 0.15) is 6.42 Å². The molecule has 0 atom stereocenters. The van der Waals surface area contributed by atoms with Crippen LogP contribution in [0.15, 0.2) is 63.6 Å². The molecule has 0 unspecified atom stereocenters. The second kappa shape index (κ2) is 7.90. The van der Waals surface area contributed by atoms with Gasteiger partial charge in [0.25, 0.3) is 5.56 Å². The van der Waals surface area contributed by atoms with Crippen LogP contribution in [0.25, 0.3) is 10.6 Å². The van der Waals surface area contributed by atoms with Gasteiger partial charge in [0.05, 0.1) is 9.77 Å². The maximum absolute atomic E-state index is 12.9. The molecule has 2 aromatic heterocycles. The van der Waals surface area contributed by atoms with E-state index in [1.807, 2.05) is 17.5 Å². The van der Waals surface area contributed by atoms with Crippen LogP contribution in [-0.2, 0) is 16.6 Å². The Morgan fingerprint density at radius 3 is 2.58 bits per heavy atom. The fourth-order valence-electron chi connectivity index (χ4n) is 2.30. The second-order valence-electron chi connectivity index (χ2n) is 5.46. The first-order valence-corrected chi connectivity index (χ1v) is 10.2. The highest BCUT2D eigenvalue weighted by Crippen LogP contribution is 2.21. The van der Waals surface area contributed by atoms with Gasteiger partial charge in [0.2, 0.25) is 10.0 Å². The molecular formula is C17H16FN3O3S2. The standard InChI is InChI=1S/C17H16FN3O3S2/c18-13-4-6-14(7-5-13)26(23,24)19-10-2-11-21-17(22)9-8-15(20-21)16-3-1-12-25-16/h1,3-9,12,19H,2,10-11H2. The fraction of sp³-hybridized carbons (Fsp3) is 0.176. The monoisotopic (exact) mass is 393 g/mol. The Balaban J connectivity index is 1.61. The first-order valence-electron chi connectivity index (χ1n) is 7.83. The minimum absolute atomic E-state index is 0.00566. The Labute approximate surface area is 154 Å². The number of aryl methyl sites for hydroxylation is 1. The predicted octanol–water partition coefficient (Wildman–Crippen LogP) is 2.48. The molecule has 3 aromatic rings. The molecule has 0 aliphatic rings. The summed E-state index contributed by atoms with van der Waals surface area (Å²) in [5, 5.41) is 6.24. The summed E-state index contributed by atoms with van der Waals surface area (Å²) in [6, 6.07) is 11.5. The molecule has 0 spiro atoms. The molecule has 9 heteroatoms. The van der Waals surface area contributed by atoms with Crippen molar-refractivity contribution in [2.24, 2.45) is 0 Å². The molecule has 3 rings (SSSR count). The summed E-state index contributed by atoms with van der Waals surface area (Å²) in [5.74, 6) is -0.500. The van der Waals surface area contributed by atoms with E-state index in [1.54, 1.807) is 6.07 Å². The zero-order valence-electron chi connectivity index (χ0n) is 13.6. The van der Waals surface area contributed by atoms with E-state index in [4.69, 9.17) is 0 Å². The molecule has 0 radical (unpaired) electrons. The Bertz CT molecular complexity index is 1030. The van der Waals surface area contributed by atoms with E-state index < -0.39 is 15.8 Å². The van der Waals surface area contributed by atoms with Gasteiger partial charge in [-0.05, 0) is 48.2 Å². The average Bonchev–Trinajstić information content (AvgIpc) is 3.15. The highest BCUT2D eigenvalue weighted by atomic mass is 32.2. The summed E-state index contributed by atoms with van der Waals surface area (Å²) in [5.41, 5.74) is 0.457. The second-order valence-corrected chi connectivity index (χ2v) is 8.18.